The van der Waals surface area contributed by atoms with Gasteiger partial charge in [-0.3, -0.25) is 0 Å². The van der Waals surface area contributed by atoms with Crippen LogP contribution in [0.3, 0.4) is 0 Å². The smallest absolute Gasteiger partial charge is 0.315 e. The van der Waals surface area contributed by atoms with Crippen LogP contribution in [0.5, 0.6) is 0 Å². The minimum absolute atomic E-state index is 0.0408. The number of primary sulfonamides is 1. The van der Waals surface area contributed by atoms with E-state index in [2.05, 4.69) is 29.4 Å². The first-order valence-corrected chi connectivity index (χ1v) is 11.1. The molecule has 0 radical (unpaired) electrons. The van der Waals surface area contributed by atoms with Gasteiger partial charge in [-0.05, 0) is 55.8 Å². The second-order valence-corrected chi connectivity index (χ2v) is 9.36. The van der Waals surface area contributed by atoms with Crippen molar-refractivity contribution in [2.24, 2.45) is 17.0 Å². The average molecular weight is 397 g/mol. The molecule has 1 aliphatic heterocycles. The summed E-state index contributed by atoms with van der Waals surface area (Å²) < 4.78 is 22.9. The summed E-state index contributed by atoms with van der Waals surface area (Å²) in [4.78, 5) is 14.6. The third kappa shape index (κ3) is 7.12. The Balaban J connectivity index is 1.74. The number of piperidine rings is 1. The topological polar surface area (TPSA) is 105 Å². The van der Waals surface area contributed by atoms with Crippen molar-refractivity contribution in [2.75, 3.05) is 26.2 Å². The van der Waals surface area contributed by atoms with Crippen LogP contribution in [0.1, 0.15) is 45.2 Å². The Labute approximate surface area is 162 Å². The summed E-state index contributed by atoms with van der Waals surface area (Å²) in [7, 11) is -3.76. The molecule has 8 heteroatoms. The molecule has 3 unspecified atom stereocenters. The number of hydrogen-bond acceptors (Lipinski definition) is 4. The van der Waals surface area contributed by atoms with E-state index >= 15 is 0 Å². The quantitative estimate of drug-likeness (QED) is 0.614. The molecular weight excluding hydrogens is 364 g/mol. The average Bonchev–Trinajstić information content (AvgIpc) is 2.57. The number of urea groups is 1. The summed E-state index contributed by atoms with van der Waals surface area (Å²) in [5.74, 6) is 1.47. The lowest BCUT2D eigenvalue weighted by Gasteiger charge is -2.34. The van der Waals surface area contributed by atoms with Gasteiger partial charge in [0, 0.05) is 19.6 Å². The highest BCUT2D eigenvalue weighted by atomic mass is 32.2. The summed E-state index contributed by atoms with van der Waals surface area (Å²) >= 11 is 0. The number of nitrogens with two attached hydrogens (primary N) is 1. The molecule has 1 aromatic carbocycles. The number of likely N-dealkylation sites (tertiary alicyclic amines) is 1. The number of benzene rings is 1. The third-order valence-corrected chi connectivity index (χ3v) is 5.83. The van der Waals surface area contributed by atoms with Crippen LogP contribution in [0, 0.1) is 11.8 Å². The second-order valence-electron chi connectivity index (χ2n) is 7.80. The molecule has 1 heterocycles. The van der Waals surface area contributed by atoms with Gasteiger partial charge in [0.05, 0.1) is 10.9 Å². The van der Waals surface area contributed by atoms with Gasteiger partial charge in [0.15, 0.2) is 0 Å². The fourth-order valence-electron chi connectivity index (χ4n) is 3.77. The van der Waals surface area contributed by atoms with Crippen LogP contribution in [0.2, 0.25) is 0 Å². The number of carbonyl (C=O) groups excluding carboxylic acids is 1. The minimum Gasteiger partial charge on any atom is -0.338 e. The van der Waals surface area contributed by atoms with Crippen molar-refractivity contribution in [3.63, 3.8) is 0 Å². The Morgan fingerprint density at radius 2 is 1.96 bits per heavy atom. The molecule has 27 heavy (non-hydrogen) atoms. The van der Waals surface area contributed by atoms with Gasteiger partial charge in [-0.15, -0.1) is 0 Å². The number of carbonyl (C=O) groups is 1. The molecule has 0 bridgehead atoms. The van der Waals surface area contributed by atoms with Gasteiger partial charge in [0.2, 0.25) is 10.0 Å². The molecule has 0 spiro atoms. The fourth-order valence-corrected chi connectivity index (χ4v) is 4.34. The first-order valence-electron chi connectivity index (χ1n) is 9.54. The van der Waals surface area contributed by atoms with Crippen LogP contribution >= 0.6 is 0 Å². The predicted molar refractivity (Wildman–Crippen MR) is 107 cm³/mol. The zero-order valence-electron chi connectivity index (χ0n) is 16.4. The van der Waals surface area contributed by atoms with Crippen molar-refractivity contribution < 1.29 is 13.2 Å². The first kappa shape index (κ1) is 21.7. The van der Waals surface area contributed by atoms with E-state index < -0.39 is 10.0 Å². The highest BCUT2D eigenvalue weighted by Gasteiger charge is 2.21. The van der Waals surface area contributed by atoms with Gasteiger partial charge < -0.3 is 15.5 Å². The lowest BCUT2D eigenvalue weighted by molar-refractivity contribution is 0.139. The standard InChI is InChI=1S/C19H32N4O3S/c1-14-10-15(2)13-23(12-14)9-5-8-21-19(24)22-16(3)17-6-4-7-18(11-17)27(20,25)26/h4,6-7,11,14-16H,5,8-10,12-13H2,1-3H3,(H2,20,25,26)(H2,21,22,24). The van der Waals surface area contributed by atoms with E-state index in [1.807, 2.05) is 0 Å². The predicted octanol–water partition coefficient (Wildman–Crippen LogP) is 2.06. The normalized spacial score (nSPS) is 22.2. The number of hydrogen-bond donors (Lipinski definition) is 3. The van der Waals surface area contributed by atoms with Crippen LogP contribution in [-0.4, -0.2) is 45.5 Å². The molecule has 0 aliphatic carbocycles. The molecule has 7 nitrogen and oxygen atoms in total. The van der Waals surface area contributed by atoms with E-state index in [0.29, 0.717) is 12.1 Å². The van der Waals surface area contributed by atoms with Gasteiger partial charge >= 0.3 is 6.03 Å². The summed E-state index contributed by atoms with van der Waals surface area (Å²) in [6, 6.07) is 5.72. The second kappa shape index (κ2) is 9.52. The van der Waals surface area contributed by atoms with Crippen molar-refractivity contribution in [1.29, 1.82) is 0 Å². The lowest BCUT2D eigenvalue weighted by atomic mass is 9.92. The minimum atomic E-state index is -3.76. The van der Waals surface area contributed by atoms with Crippen molar-refractivity contribution in [3.05, 3.63) is 29.8 Å². The van der Waals surface area contributed by atoms with Gasteiger partial charge in [0.1, 0.15) is 0 Å². The van der Waals surface area contributed by atoms with Gasteiger partial charge in [-0.25, -0.2) is 18.4 Å². The Morgan fingerprint density at radius 1 is 1.30 bits per heavy atom. The maximum absolute atomic E-state index is 12.1. The molecule has 4 N–H and O–H groups in total. The van der Waals surface area contributed by atoms with E-state index in [1.165, 1.54) is 18.6 Å². The molecule has 152 valence electrons. The zero-order chi connectivity index (χ0) is 20.0. The Kier molecular flexibility index (Phi) is 7.64. The van der Waals surface area contributed by atoms with E-state index in [-0.39, 0.29) is 17.0 Å². The van der Waals surface area contributed by atoms with E-state index in [1.54, 1.807) is 19.1 Å². The van der Waals surface area contributed by atoms with Crippen LogP contribution in [0.25, 0.3) is 0 Å². The van der Waals surface area contributed by atoms with E-state index in [9.17, 15) is 13.2 Å². The summed E-state index contributed by atoms with van der Waals surface area (Å²) in [6.07, 6.45) is 2.20. The number of nitrogens with zero attached hydrogens (tertiary/aromatic N) is 1. The van der Waals surface area contributed by atoms with Gasteiger partial charge in [0.25, 0.3) is 0 Å². The molecule has 1 fully saturated rings. The molecule has 0 aromatic heterocycles. The lowest BCUT2D eigenvalue weighted by Crippen LogP contribution is -2.41. The molecule has 1 aromatic rings. The van der Waals surface area contributed by atoms with Gasteiger partial charge in [-0.2, -0.15) is 0 Å². The van der Waals surface area contributed by atoms with Crippen molar-refractivity contribution in [1.82, 2.24) is 15.5 Å². The molecule has 0 saturated carbocycles. The molecule has 2 rings (SSSR count). The number of nitrogens with one attached hydrogen (secondary N) is 2. The van der Waals surface area contributed by atoms with Crippen LogP contribution in [0.15, 0.2) is 29.2 Å². The Bertz CT molecular complexity index is 728. The van der Waals surface area contributed by atoms with Crippen molar-refractivity contribution in [2.45, 2.75) is 44.6 Å². The Hall–Kier alpha value is -1.64. The SMILES string of the molecule is CC1CC(C)CN(CCCNC(=O)NC(C)c2cccc(S(N)(=O)=O)c2)C1. The fraction of sp³-hybridized carbons (Fsp3) is 0.632. The molecule has 1 aliphatic rings. The molecular formula is C19H32N4O3S. The van der Waals surface area contributed by atoms with Crippen molar-refractivity contribution in [3.8, 4) is 0 Å². The zero-order valence-corrected chi connectivity index (χ0v) is 17.3. The molecule has 2 amide bonds. The first-order chi connectivity index (χ1) is 12.6. The van der Waals surface area contributed by atoms with E-state index in [0.717, 1.165) is 37.9 Å². The largest absolute Gasteiger partial charge is 0.338 e. The third-order valence-electron chi connectivity index (χ3n) is 4.92. The van der Waals surface area contributed by atoms with Gasteiger partial charge in [-0.1, -0.05) is 26.0 Å². The van der Waals surface area contributed by atoms with Crippen LogP contribution in [0.4, 0.5) is 4.79 Å². The van der Waals surface area contributed by atoms with Crippen molar-refractivity contribution >= 4 is 16.1 Å². The summed E-state index contributed by atoms with van der Waals surface area (Å²) in [5, 5.41) is 10.9. The van der Waals surface area contributed by atoms with Crippen LogP contribution in [-0.2, 0) is 10.0 Å². The number of rotatable bonds is 7. The summed E-state index contributed by atoms with van der Waals surface area (Å²) in [5.41, 5.74) is 0.688. The highest BCUT2D eigenvalue weighted by molar-refractivity contribution is 7.89. The van der Waals surface area contributed by atoms with E-state index in [4.69, 9.17) is 5.14 Å². The molecule has 1 saturated heterocycles. The summed E-state index contributed by atoms with van der Waals surface area (Å²) in [6.45, 7) is 10.2. The number of sulfonamides is 1. The highest BCUT2D eigenvalue weighted by Crippen LogP contribution is 2.20. The Morgan fingerprint density at radius 3 is 2.59 bits per heavy atom. The maximum atomic E-state index is 12.1. The maximum Gasteiger partial charge on any atom is 0.315 e. The number of amides is 2. The van der Waals surface area contributed by atoms with Crippen LogP contribution < -0.4 is 15.8 Å². The monoisotopic (exact) mass is 396 g/mol. The molecule has 3 atom stereocenters.